The maximum absolute atomic E-state index is 6.06. The quantitative estimate of drug-likeness (QED) is 0.632. The van der Waals surface area contributed by atoms with Crippen LogP contribution in [0.1, 0.15) is 11.1 Å². The molecule has 4 heteroatoms. The number of pyridine rings is 1. The Labute approximate surface area is 122 Å². The van der Waals surface area contributed by atoms with Crippen LogP contribution in [0.5, 0.6) is 5.75 Å². The van der Waals surface area contributed by atoms with E-state index in [-0.39, 0.29) is 0 Å². The zero-order chi connectivity index (χ0) is 13.5. The van der Waals surface area contributed by atoms with Crippen molar-refractivity contribution in [1.29, 1.82) is 0 Å². The van der Waals surface area contributed by atoms with Gasteiger partial charge in [0, 0.05) is 22.3 Å². The molecule has 0 aliphatic heterocycles. The molecule has 0 radical (unpaired) electrons. The Bertz CT molecular complexity index is 617. The first-order valence-electron chi connectivity index (χ1n) is 5.65. The van der Waals surface area contributed by atoms with E-state index in [1.54, 1.807) is 12.4 Å². The Kier molecular flexibility index (Phi) is 5.09. The fourth-order valence-corrected chi connectivity index (χ4v) is 1.74. The maximum Gasteiger partial charge on any atom is 0.139 e. The van der Waals surface area contributed by atoms with Crippen LogP contribution in [0.25, 0.3) is 0 Å². The third-order valence-electron chi connectivity index (χ3n) is 2.36. The molecule has 0 N–H and O–H groups in total. The van der Waals surface area contributed by atoms with Crippen LogP contribution < -0.4 is 4.74 Å². The average Bonchev–Trinajstić information content (AvgIpc) is 2.45. The Hall–Kier alpha value is -1.69. The zero-order valence-corrected chi connectivity index (χ0v) is 11.6. The van der Waals surface area contributed by atoms with Gasteiger partial charge in [-0.05, 0) is 12.1 Å². The normalized spacial score (nSPS) is 9.58. The van der Waals surface area contributed by atoms with E-state index < -0.39 is 0 Å². The molecule has 0 bridgehead atoms. The lowest BCUT2D eigenvalue weighted by molar-refractivity contribution is 0.305. The highest BCUT2D eigenvalue weighted by Crippen LogP contribution is 2.18. The molecule has 2 aromatic rings. The van der Waals surface area contributed by atoms with Gasteiger partial charge in [0.05, 0.1) is 12.1 Å². The highest BCUT2D eigenvalue weighted by atomic mass is 35.5. The average molecular weight is 292 g/mol. The van der Waals surface area contributed by atoms with Gasteiger partial charge in [0.15, 0.2) is 0 Å². The van der Waals surface area contributed by atoms with Gasteiger partial charge in [0.1, 0.15) is 12.4 Å². The van der Waals surface area contributed by atoms with Crippen molar-refractivity contribution in [3.8, 4) is 17.6 Å². The van der Waals surface area contributed by atoms with Crippen molar-refractivity contribution >= 4 is 23.2 Å². The molecule has 0 amide bonds. The van der Waals surface area contributed by atoms with Crippen LogP contribution in [0.15, 0.2) is 42.7 Å². The topological polar surface area (TPSA) is 22.1 Å². The second-order valence-corrected chi connectivity index (χ2v) is 4.40. The molecule has 1 aromatic carbocycles. The SMILES string of the molecule is ClCC#Cc1cncc(OCc2ccccc2Cl)c1. The van der Waals surface area contributed by atoms with E-state index in [4.69, 9.17) is 27.9 Å². The number of benzene rings is 1. The summed E-state index contributed by atoms with van der Waals surface area (Å²) in [7, 11) is 0. The molecule has 2 nitrogen and oxygen atoms in total. The smallest absolute Gasteiger partial charge is 0.139 e. The molecule has 0 aliphatic carbocycles. The monoisotopic (exact) mass is 291 g/mol. The van der Waals surface area contributed by atoms with Crippen LogP contribution in [0.2, 0.25) is 5.02 Å². The predicted molar refractivity (Wildman–Crippen MR) is 77.6 cm³/mol. The number of halogens is 2. The Morgan fingerprint density at radius 1 is 1.21 bits per heavy atom. The molecule has 0 spiro atoms. The number of hydrogen-bond donors (Lipinski definition) is 0. The summed E-state index contributed by atoms with van der Waals surface area (Å²) >= 11 is 11.6. The summed E-state index contributed by atoms with van der Waals surface area (Å²) in [5.41, 5.74) is 1.71. The Morgan fingerprint density at radius 3 is 2.84 bits per heavy atom. The van der Waals surface area contributed by atoms with Crippen LogP contribution in [0.3, 0.4) is 0 Å². The van der Waals surface area contributed by atoms with Crippen molar-refractivity contribution in [3.05, 3.63) is 58.9 Å². The van der Waals surface area contributed by atoms with Crippen LogP contribution in [0, 0.1) is 11.8 Å². The molecule has 0 saturated carbocycles. The molecule has 0 unspecified atom stereocenters. The van der Waals surface area contributed by atoms with Gasteiger partial charge in [0.2, 0.25) is 0 Å². The number of aromatic nitrogens is 1. The van der Waals surface area contributed by atoms with Crippen molar-refractivity contribution in [1.82, 2.24) is 4.98 Å². The summed E-state index contributed by atoms with van der Waals surface area (Å²) in [5.74, 6) is 6.62. The minimum Gasteiger partial charge on any atom is -0.487 e. The largest absolute Gasteiger partial charge is 0.487 e. The van der Waals surface area contributed by atoms with Crippen molar-refractivity contribution in [3.63, 3.8) is 0 Å². The molecule has 96 valence electrons. The number of hydrogen-bond acceptors (Lipinski definition) is 2. The third-order valence-corrected chi connectivity index (χ3v) is 2.87. The van der Waals surface area contributed by atoms with Gasteiger partial charge < -0.3 is 4.74 Å². The fourth-order valence-electron chi connectivity index (χ4n) is 1.48. The van der Waals surface area contributed by atoms with Gasteiger partial charge >= 0.3 is 0 Å². The second-order valence-electron chi connectivity index (χ2n) is 3.72. The summed E-state index contributed by atoms with van der Waals surface area (Å²) in [6, 6.07) is 9.39. The van der Waals surface area contributed by atoms with Gasteiger partial charge in [-0.3, -0.25) is 4.98 Å². The Morgan fingerprint density at radius 2 is 2.05 bits per heavy atom. The number of rotatable bonds is 3. The number of ether oxygens (including phenoxy) is 1. The molecule has 0 saturated heterocycles. The van der Waals surface area contributed by atoms with E-state index in [0.29, 0.717) is 23.3 Å². The first-order chi connectivity index (χ1) is 9.29. The first-order valence-corrected chi connectivity index (χ1v) is 6.57. The highest BCUT2D eigenvalue weighted by molar-refractivity contribution is 6.31. The minimum absolute atomic E-state index is 0.296. The van der Waals surface area contributed by atoms with E-state index in [0.717, 1.165) is 11.1 Å². The van der Waals surface area contributed by atoms with Crippen LogP contribution >= 0.6 is 23.2 Å². The summed E-state index contributed by atoms with van der Waals surface area (Å²) in [6.45, 7) is 0.397. The van der Waals surface area contributed by atoms with Crippen LogP contribution in [-0.4, -0.2) is 10.9 Å². The first kappa shape index (κ1) is 13.7. The van der Waals surface area contributed by atoms with Crippen molar-refractivity contribution in [2.75, 3.05) is 5.88 Å². The molecular weight excluding hydrogens is 281 g/mol. The van der Waals surface area contributed by atoms with Gasteiger partial charge in [-0.1, -0.05) is 41.6 Å². The summed E-state index contributed by atoms with van der Waals surface area (Å²) in [4.78, 5) is 4.07. The number of nitrogens with zero attached hydrogens (tertiary/aromatic N) is 1. The van der Waals surface area contributed by atoms with Gasteiger partial charge in [-0.15, -0.1) is 11.6 Å². The molecule has 0 aliphatic rings. The van der Waals surface area contributed by atoms with E-state index in [1.165, 1.54) is 0 Å². The molecule has 19 heavy (non-hydrogen) atoms. The summed E-state index contributed by atoms with van der Waals surface area (Å²) in [6.07, 6.45) is 3.31. The summed E-state index contributed by atoms with van der Waals surface area (Å²) < 4.78 is 5.65. The highest BCUT2D eigenvalue weighted by Gasteiger charge is 2.01. The standard InChI is InChI=1S/C15H11Cl2NO/c16-7-3-4-12-8-14(10-18-9-12)19-11-13-5-1-2-6-15(13)17/h1-2,5-6,8-10H,7,11H2. The maximum atomic E-state index is 6.06. The second kappa shape index (κ2) is 7.04. The van der Waals surface area contributed by atoms with Gasteiger partial charge in [0.25, 0.3) is 0 Å². The molecular formula is C15H11Cl2NO. The van der Waals surface area contributed by atoms with E-state index >= 15 is 0 Å². The molecule has 1 aromatic heterocycles. The van der Waals surface area contributed by atoms with Crippen molar-refractivity contribution in [2.24, 2.45) is 0 Å². The summed E-state index contributed by atoms with van der Waals surface area (Å²) in [5, 5.41) is 0.688. The fraction of sp³-hybridized carbons (Fsp3) is 0.133. The van der Waals surface area contributed by atoms with Crippen LogP contribution in [0.4, 0.5) is 0 Å². The van der Waals surface area contributed by atoms with Crippen molar-refractivity contribution < 1.29 is 4.74 Å². The Balaban J connectivity index is 2.06. The van der Waals surface area contributed by atoms with Gasteiger partial charge in [-0.25, -0.2) is 0 Å². The van der Waals surface area contributed by atoms with Crippen molar-refractivity contribution in [2.45, 2.75) is 6.61 Å². The lowest BCUT2D eigenvalue weighted by Gasteiger charge is -2.07. The molecule has 0 atom stereocenters. The number of alkyl halides is 1. The van der Waals surface area contributed by atoms with Gasteiger partial charge in [-0.2, -0.15) is 0 Å². The molecule has 1 heterocycles. The lowest BCUT2D eigenvalue weighted by Crippen LogP contribution is -1.96. The van der Waals surface area contributed by atoms with Crippen LogP contribution in [-0.2, 0) is 6.61 Å². The minimum atomic E-state index is 0.296. The predicted octanol–water partition coefficient (Wildman–Crippen LogP) is 3.90. The van der Waals surface area contributed by atoms with E-state index in [1.807, 2.05) is 30.3 Å². The van der Waals surface area contributed by atoms with E-state index in [2.05, 4.69) is 16.8 Å². The van der Waals surface area contributed by atoms with E-state index in [9.17, 15) is 0 Å². The molecule has 0 fully saturated rings. The lowest BCUT2D eigenvalue weighted by atomic mass is 10.2. The third kappa shape index (κ3) is 4.17. The zero-order valence-electron chi connectivity index (χ0n) is 10.1. The molecule has 2 rings (SSSR count).